The van der Waals surface area contributed by atoms with Gasteiger partial charge in [-0.05, 0) is 176 Å². The number of hydrogen-bond acceptors (Lipinski definition) is 3. The van der Waals surface area contributed by atoms with Crippen LogP contribution in [0.15, 0.2) is 168 Å². The molecule has 4 heteroatoms. The van der Waals surface area contributed by atoms with Gasteiger partial charge < -0.3 is 14.2 Å². The van der Waals surface area contributed by atoms with Crippen LogP contribution in [-0.4, -0.2) is 6.71 Å². The number of para-hydroxylation sites is 2. The van der Waals surface area contributed by atoms with Crippen molar-refractivity contribution < 1.29 is 4.42 Å². The first kappa shape index (κ1) is 39.6. The highest BCUT2D eigenvalue weighted by Crippen LogP contribution is 2.52. The van der Waals surface area contributed by atoms with E-state index in [9.17, 15) is 0 Å². The molecule has 0 saturated carbocycles. The SMILES string of the molecule is CC1(C)CCCc2cc(N3c4cc5c(cc4B4c6ccc(-c7ccc8oc9ccccc9c8c7)cc6N(c6ccccc6)c6cc(-c7ccccc7)cc3c64)C(C)(C)CCC5(C)C)ccc21. The number of nitrogens with zero attached hydrogens (tertiary/aromatic N) is 2. The van der Waals surface area contributed by atoms with Gasteiger partial charge in [-0.1, -0.05) is 139 Å². The van der Waals surface area contributed by atoms with Gasteiger partial charge in [-0.3, -0.25) is 0 Å². The Balaban J connectivity index is 1.12. The molecule has 13 rings (SSSR count). The van der Waals surface area contributed by atoms with E-state index in [1.54, 1.807) is 0 Å². The summed E-state index contributed by atoms with van der Waals surface area (Å²) in [7, 11) is 0. The summed E-state index contributed by atoms with van der Waals surface area (Å²) in [6.45, 7) is 14.8. The molecule has 2 aliphatic carbocycles. The zero-order chi connectivity index (χ0) is 44.7. The van der Waals surface area contributed by atoms with Crippen molar-refractivity contribution >= 4 is 79.2 Å². The molecule has 8 aromatic carbocycles. The average molecular weight is 855 g/mol. The lowest BCUT2D eigenvalue weighted by atomic mass is 9.33. The second-order valence-electron chi connectivity index (χ2n) is 21.6. The third-order valence-electron chi connectivity index (χ3n) is 16.2. The summed E-state index contributed by atoms with van der Waals surface area (Å²) in [6, 6.07) is 62.2. The maximum atomic E-state index is 6.31. The summed E-state index contributed by atoms with van der Waals surface area (Å²) in [5.74, 6) is 0. The van der Waals surface area contributed by atoms with Crippen molar-refractivity contribution in [2.24, 2.45) is 0 Å². The average Bonchev–Trinajstić information content (AvgIpc) is 3.70. The molecule has 4 aliphatic rings. The summed E-state index contributed by atoms with van der Waals surface area (Å²) in [5.41, 5.74) is 24.4. The number of benzene rings is 8. The standard InChI is InChI=1S/C62H55BN2O/c1-60(2)29-15-18-42-32-45(25-26-48(42)60)65-54-38-50-49(61(3,4)30-31-62(50,5)6)37-52(54)63-51-27-23-41(40-24-28-58-47(33-40)46-21-13-14-22-57(46)66-58)34-53(51)64(44-19-11-8-12-20-44)55-35-43(36-56(65)59(55)63)39-16-9-7-10-17-39/h7-14,16-17,19-28,32-38H,15,18,29-31H2,1-6H3. The topological polar surface area (TPSA) is 19.6 Å². The van der Waals surface area contributed by atoms with E-state index >= 15 is 0 Å². The van der Waals surface area contributed by atoms with Crippen LogP contribution in [0.2, 0.25) is 0 Å². The molecule has 0 atom stereocenters. The molecular weight excluding hydrogens is 800 g/mol. The quantitative estimate of drug-likeness (QED) is 0.164. The predicted molar refractivity (Wildman–Crippen MR) is 280 cm³/mol. The molecule has 3 heterocycles. The highest BCUT2D eigenvalue weighted by atomic mass is 16.3. The smallest absolute Gasteiger partial charge is 0.252 e. The molecule has 66 heavy (non-hydrogen) atoms. The van der Waals surface area contributed by atoms with E-state index in [1.807, 2.05) is 6.07 Å². The molecule has 0 fully saturated rings. The van der Waals surface area contributed by atoms with Gasteiger partial charge in [0.1, 0.15) is 11.2 Å². The molecule has 3 nitrogen and oxygen atoms in total. The van der Waals surface area contributed by atoms with Crippen molar-refractivity contribution in [1.29, 1.82) is 0 Å². The maximum Gasteiger partial charge on any atom is 0.252 e. The highest BCUT2D eigenvalue weighted by molar-refractivity contribution is 7.00. The predicted octanol–water partition coefficient (Wildman–Crippen LogP) is 15.0. The molecule has 0 spiro atoms. The minimum absolute atomic E-state index is 0.0121. The lowest BCUT2D eigenvalue weighted by molar-refractivity contribution is 0.332. The van der Waals surface area contributed by atoms with Gasteiger partial charge in [0.2, 0.25) is 0 Å². The van der Waals surface area contributed by atoms with E-state index in [1.165, 1.54) is 115 Å². The van der Waals surface area contributed by atoms with Crippen LogP contribution in [0.3, 0.4) is 0 Å². The van der Waals surface area contributed by atoms with E-state index < -0.39 is 0 Å². The lowest BCUT2D eigenvalue weighted by Crippen LogP contribution is -2.61. The van der Waals surface area contributed by atoms with Gasteiger partial charge in [-0.2, -0.15) is 0 Å². The Bertz CT molecular complexity index is 3450. The van der Waals surface area contributed by atoms with Crippen LogP contribution in [0.25, 0.3) is 44.2 Å². The van der Waals surface area contributed by atoms with Crippen molar-refractivity contribution in [3.8, 4) is 22.3 Å². The van der Waals surface area contributed by atoms with Gasteiger partial charge in [0.25, 0.3) is 6.71 Å². The van der Waals surface area contributed by atoms with E-state index in [0.717, 1.165) is 34.0 Å². The fourth-order valence-corrected chi connectivity index (χ4v) is 12.5. The third-order valence-corrected chi connectivity index (χ3v) is 16.2. The Morgan fingerprint density at radius 1 is 0.424 bits per heavy atom. The summed E-state index contributed by atoms with van der Waals surface area (Å²) in [6.07, 6.45) is 5.89. The van der Waals surface area contributed by atoms with Crippen molar-refractivity contribution in [3.05, 3.63) is 186 Å². The van der Waals surface area contributed by atoms with Crippen molar-refractivity contribution in [2.75, 3.05) is 9.80 Å². The summed E-state index contributed by atoms with van der Waals surface area (Å²) < 4.78 is 6.31. The van der Waals surface area contributed by atoms with E-state index in [0.29, 0.717) is 0 Å². The monoisotopic (exact) mass is 854 g/mol. The van der Waals surface area contributed by atoms with Gasteiger partial charge in [0.15, 0.2) is 0 Å². The van der Waals surface area contributed by atoms with E-state index in [-0.39, 0.29) is 23.0 Å². The fraction of sp³-hybridized carbons (Fsp3) is 0.226. The second kappa shape index (κ2) is 14.1. The van der Waals surface area contributed by atoms with Crippen molar-refractivity contribution in [3.63, 3.8) is 0 Å². The molecule has 0 amide bonds. The first-order chi connectivity index (χ1) is 31.9. The third kappa shape index (κ3) is 5.89. The Labute approximate surface area is 389 Å². The summed E-state index contributed by atoms with van der Waals surface area (Å²) in [4.78, 5) is 5.24. The maximum absolute atomic E-state index is 6.31. The van der Waals surface area contributed by atoms with Gasteiger partial charge in [0, 0.05) is 44.9 Å². The van der Waals surface area contributed by atoms with Crippen LogP contribution in [-0.2, 0) is 22.7 Å². The minimum Gasteiger partial charge on any atom is -0.456 e. The van der Waals surface area contributed by atoms with E-state index in [4.69, 9.17) is 4.42 Å². The van der Waals surface area contributed by atoms with Crippen LogP contribution in [0.4, 0.5) is 34.1 Å². The number of furan rings is 1. The molecule has 0 radical (unpaired) electrons. The van der Waals surface area contributed by atoms with Crippen LogP contribution in [0, 0.1) is 0 Å². The van der Waals surface area contributed by atoms with E-state index in [2.05, 4.69) is 209 Å². The van der Waals surface area contributed by atoms with Gasteiger partial charge >= 0.3 is 0 Å². The molecular formula is C62H55BN2O. The number of aryl methyl sites for hydroxylation is 1. The Kier molecular flexibility index (Phi) is 8.46. The van der Waals surface area contributed by atoms with Crippen LogP contribution >= 0.6 is 0 Å². The molecule has 0 saturated heterocycles. The number of fused-ring (bicyclic) bond motifs is 9. The summed E-state index contributed by atoms with van der Waals surface area (Å²) >= 11 is 0. The molecule has 9 aromatic rings. The van der Waals surface area contributed by atoms with Crippen molar-refractivity contribution in [2.45, 2.75) is 89.9 Å². The molecule has 0 bridgehead atoms. The molecule has 0 unspecified atom stereocenters. The van der Waals surface area contributed by atoms with Crippen LogP contribution in [0.5, 0.6) is 0 Å². The number of anilines is 6. The summed E-state index contributed by atoms with van der Waals surface area (Å²) in [5, 5.41) is 2.29. The Hall–Kier alpha value is -6.78. The lowest BCUT2D eigenvalue weighted by Gasteiger charge is -2.47. The largest absolute Gasteiger partial charge is 0.456 e. The Morgan fingerprint density at radius 3 is 1.80 bits per heavy atom. The van der Waals surface area contributed by atoms with Crippen LogP contribution < -0.4 is 26.2 Å². The van der Waals surface area contributed by atoms with Gasteiger partial charge in [-0.25, -0.2) is 0 Å². The minimum atomic E-state index is 0.0121. The molecule has 1 aromatic heterocycles. The van der Waals surface area contributed by atoms with Crippen molar-refractivity contribution in [1.82, 2.24) is 0 Å². The first-order valence-corrected chi connectivity index (χ1v) is 24.2. The van der Waals surface area contributed by atoms with Crippen LogP contribution in [0.1, 0.15) is 89.5 Å². The fourth-order valence-electron chi connectivity index (χ4n) is 12.5. The molecule has 2 aliphatic heterocycles. The highest BCUT2D eigenvalue weighted by Gasteiger charge is 2.47. The zero-order valence-electron chi connectivity index (χ0n) is 39.0. The number of rotatable bonds is 4. The molecule has 0 N–H and O–H groups in total. The normalized spacial score (nSPS) is 17.2. The zero-order valence-corrected chi connectivity index (χ0v) is 39.0. The second-order valence-corrected chi connectivity index (χ2v) is 21.6. The Morgan fingerprint density at radius 2 is 1.03 bits per heavy atom. The molecule has 322 valence electrons. The van der Waals surface area contributed by atoms with Gasteiger partial charge in [-0.15, -0.1) is 0 Å². The number of hydrogen-bond donors (Lipinski definition) is 0. The van der Waals surface area contributed by atoms with Gasteiger partial charge in [0.05, 0.1) is 0 Å². The first-order valence-electron chi connectivity index (χ1n) is 24.2.